The zero-order valence-corrected chi connectivity index (χ0v) is 14.2. The van der Waals surface area contributed by atoms with Crippen LogP contribution < -0.4 is 11.5 Å². The number of ketones is 2. The molecule has 27 heavy (non-hydrogen) atoms. The van der Waals surface area contributed by atoms with Crippen LogP contribution in [-0.4, -0.2) is 23.5 Å². The van der Waals surface area contributed by atoms with Crippen molar-refractivity contribution in [2.75, 3.05) is 11.5 Å². The average Bonchev–Trinajstić information content (AvgIpc) is 2.80. The molecule has 8 nitrogen and oxygen atoms in total. The van der Waals surface area contributed by atoms with Crippen LogP contribution in [0.3, 0.4) is 0 Å². The van der Waals surface area contributed by atoms with Gasteiger partial charge in [-0.1, -0.05) is 0 Å². The number of anilines is 2. The molecule has 4 N–H and O–H groups in total. The van der Waals surface area contributed by atoms with Crippen molar-refractivity contribution >= 4 is 34.9 Å². The summed E-state index contributed by atoms with van der Waals surface area (Å²) in [6.45, 7) is 0. The minimum Gasteiger partial charge on any atom is -0.399 e. The molecular formula is C19H16N2O6. The van der Waals surface area contributed by atoms with Crippen LogP contribution in [0.5, 0.6) is 0 Å². The van der Waals surface area contributed by atoms with Gasteiger partial charge in [-0.25, -0.2) is 19.4 Å². The molecule has 0 bridgehead atoms. The molecule has 0 aromatic heterocycles. The Balaban J connectivity index is 1.84. The summed E-state index contributed by atoms with van der Waals surface area (Å²) in [4.78, 5) is 58.0. The van der Waals surface area contributed by atoms with Gasteiger partial charge in [0.15, 0.2) is 11.6 Å². The van der Waals surface area contributed by atoms with Gasteiger partial charge in [-0.05, 0) is 42.8 Å². The highest BCUT2D eigenvalue weighted by atomic mass is 17.2. The first-order valence-corrected chi connectivity index (χ1v) is 8.16. The molecule has 0 aliphatic heterocycles. The summed E-state index contributed by atoms with van der Waals surface area (Å²) in [6, 6.07) is 8.40. The third-order valence-electron chi connectivity index (χ3n) is 4.16. The van der Waals surface area contributed by atoms with Crippen molar-refractivity contribution in [2.45, 2.75) is 19.3 Å². The van der Waals surface area contributed by atoms with Crippen molar-refractivity contribution in [2.24, 2.45) is 0 Å². The molecule has 138 valence electrons. The van der Waals surface area contributed by atoms with Crippen LogP contribution in [0.2, 0.25) is 0 Å². The van der Waals surface area contributed by atoms with Crippen molar-refractivity contribution in [1.29, 1.82) is 0 Å². The molecule has 0 unspecified atom stereocenters. The molecule has 0 heterocycles. The summed E-state index contributed by atoms with van der Waals surface area (Å²) in [5.41, 5.74) is 11.8. The van der Waals surface area contributed by atoms with E-state index in [2.05, 4.69) is 9.78 Å². The van der Waals surface area contributed by atoms with Gasteiger partial charge in [-0.2, -0.15) is 0 Å². The number of carbonyl (C=O) groups excluding carboxylic acids is 4. The van der Waals surface area contributed by atoms with E-state index in [0.717, 1.165) is 0 Å². The van der Waals surface area contributed by atoms with E-state index >= 15 is 0 Å². The van der Waals surface area contributed by atoms with E-state index in [1.54, 1.807) is 0 Å². The van der Waals surface area contributed by atoms with Crippen molar-refractivity contribution in [3.8, 4) is 0 Å². The third kappa shape index (κ3) is 3.64. The molecular weight excluding hydrogens is 352 g/mol. The zero-order chi connectivity index (χ0) is 19.6. The van der Waals surface area contributed by atoms with Gasteiger partial charge in [-0.15, -0.1) is 0 Å². The van der Waals surface area contributed by atoms with Gasteiger partial charge in [0, 0.05) is 29.8 Å². The lowest BCUT2D eigenvalue weighted by Gasteiger charge is -2.12. The normalized spacial score (nSPS) is 13.5. The molecule has 8 heteroatoms. The van der Waals surface area contributed by atoms with Gasteiger partial charge in [0.05, 0.1) is 16.7 Å². The van der Waals surface area contributed by atoms with Gasteiger partial charge in [-0.3, -0.25) is 9.59 Å². The van der Waals surface area contributed by atoms with Crippen LogP contribution in [0.1, 0.15) is 60.7 Å². The number of rotatable bonds is 2. The monoisotopic (exact) mass is 368 g/mol. The summed E-state index contributed by atoms with van der Waals surface area (Å²) < 4.78 is 0. The highest BCUT2D eigenvalue weighted by Crippen LogP contribution is 2.29. The Bertz CT molecular complexity index is 949. The van der Waals surface area contributed by atoms with Crippen molar-refractivity contribution in [1.82, 2.24) is 0 Å². The van der Waals surface area contributed by atoms with Crippen LogP contribution in [0.15, 0.2) is 36.4 Å². The number of benzene rings is 2. The van der Waals surface area contributed by atoms with Gasteiger partial charge in [0.25, 0.3) is 0 Å². The lowest BCUT2D eigenvalue weighted by molar-refractivity contribution is -0.187. The summed E-state index contributed by atoms with van der Waals surface area (Å²) in [6.07, 6.45) is 0.633. The summed E-state index contributed by atoms with van der Waals surface area (Å²) >= 11 is 0. The molecule has 0 amide bonds. The van der Waals surface area contributed by atoms with Gasteiger partial charge >= 0.3 is 11.9 Å². The Morgan fingerprint density at radius 2 is 1.37 bits per heavy atom. The van der Waals surface area contributed by atoms with Gasteiger partial charge in [0.2, 0.25) is 0 Å². The summed E-state index contributed by atoms with van der Waals surface area (Å²) in [7, 11) is 0. The maximum Gasteiger partial charge on any atom is 0.387 e. The fraction of sp³-hybridized carbons (Fsp3) is 0.158. The van der Waals surface area contributed by atoms with E-state index < -0.39 is 11.9 Å². The quantitative estimate of drug-likeness (QED) is 0.356. The molecule has 3 rings (SSSR count). The SMILES string of the molecule is Nc1ccc(C(=O)OOC(=O)c2ccc(N)c3c2C(=O)CCCC3=O)cc1. The second kappa shape index (κ2) is 7.28. The van der Waals surface area contributed by atoms with E-state index in [-0.39, 0.29) is 52.3 Å². The maximum absolute atomic E-state index is 12.4. The van der Waals surface area contributed by atoms with Crippen LogP contribution in [0.25, 0.3) is 0 Å². The first kappa shape index (κ1) is 18.1. The number of carbonyl (C=O) groups is 4. The molecule has 0 saturated carbocycles. The summed E-state index contributed by atoms with van der Waals surface area (Å²) in [5.74, 6) is -2.69. The Labute approximate surface area is 154 Å². The van der Waals surface area contributed by atoms with Gasteiger partial charge < -0.3 is 11.5 Å². The number of Topliss-reactive ketones (excluding diaryl/α,β-unsaturated/α-hetero) is 2. The minimum absolute atomic E-state index is 0.0109. The minimum atomic E-state index is -1.07. The number of nitrogens with two attached hydrogens (primary N) is 2. The van der Waals surface area contributed by atoms with E-state index in [9.17, 15) is 19.2 Å². The second-order valence-electron chi connectivity index (χ2n) is 6.02. The second-order valence-corrected chi connectivity index (χ2v) is 6.02. The highest BCUT2D eigenvalue weighted by Gasteiger charge is 2.30. The standard InChI is InChI=1S/C19H16N2O6/c20-11-6-4-10(5-7-11)18(24)26-27-19(25)12-8-9-13(21)17-15(23)3-1-2-14(22)16(12)17/h4-9H,1-3,20-21H2. The fourth-order valence-corrected chi connectivity index (χ4v) is 2.83. The topological polar surface area (TPSA) is 139 Å². The van der Waals surface area contributed by atoms with E-state index in [0.29, 0.717) is 12.1 Å². The molecule has 2 aromatic carbocycles. The average molecular weight is 368 g/mol. The molecule has 0 fully saturated rings. The van der Waals surface area contributed by atoms with Gasteiger partial charge in [0.1, 0.15) is 0 Å². The van der Waals surface area contributed by atoms with Crippen molar-refractivity contribution in [3.63, 3.8) is 0 Å². The molecule has 0 spiro atoms. The van der Waals surface area contributed by atoms with Crippen molar-refractivity contribution in [3.05, 3.63) is 58.7 Å². The van der Waals surface area contributed by atoms with Crippen LogP contribution in [0, 0.1) is 0 Å². The van der Waals surface area contributed by atoms with Crippen LogP contribution >= 0.6 is 0 Å². The number of nitrogen functional groups attached to an aromatic ring is 2. The van der Waals surface area contributed by atoms with Crippen LogP contribution in [0.4, 0.5) is 11.4 Å². The Morgan fingerprint density at radius 3 is 2.04 bits per heavy atom. The number of hydrogen-bond donors (Lipinski definition) is 2. The lowest BCUT2D eigenvalue weighted by atomic mass is 9.94. The Kier molecular flexibility index (Phi) is 4.89. The maximum atomic E-state index is 12.4. The molecule has 0 radical (unpaired) electrons. The summed E-state index contributed by atoms with van der Waals surface area (Å²) in [5, 5.41) is 0. The highest BCUT2D eigenvalue weighted by molar-refractivity contribution is 6.17. The first-order valence-electron chi connectivity index (χ1n) is 8.16. The first-order chi connectivity index (χ1) is 12.9. The van der Waals surface area contributed by atoms with E-state index in [4.69, 9.17) is 11.5 Å². The predicted octanol–water partition coefficient (Wildman–Crippen LogP) is 2.33. The Morgan fingerprint density at radius 1 is 0.778 bits per heavy atom. The number of fused-ring (bicyclic) bond motifs is 1. The number of hydrogen-bond acceptors (Lipinski definition) is 8. The van der Waals surface area contributed by atoms with E-state index in [1.807, 2.05) is 0 Å². The third-order valence-corrected chi connectivity index (χ3v) is 4.16. The predicted molar refractivity (Wildman–Crippen MR) is 95.1 cm³/mol. The smallest absolute Gasteiger partial charge is 0.387 e. The molecule has 2 aromatic rings. The van der Waals surface area contributed by atoms with Crippen molar-refractivity contribution < 1.29 is 29.0 Å². The van der Waals surface area contributed by atoms with Crippen LogP contribution in [-0.2, 0) is 9.78 Å². The molecule has 0 atom stereocenters. The molecule has 1 aliphatic carbocycles. The largest absolute Gasteiger partial charge is 0.399 e. The fourth-order valence-electron chi connectivity index (χ4n) is 2.83. The van der Waals surface area contributed by atoms with E-state index in [1.165, 1.54) is 36.4 Å². The zero-order valence-electron chi connectivity index (χ0n) is 14.2. The molecule has 0 saturated heterocycles. The lowest BCUT2D eigenvalue weighted by Crippen LogP contribution is -2.18. The Hall–Kier alpha value is -3.68. The molecule has 1 aliphatic rings.